The number of hydrogen-bond donors (Lipinski definition) is 1. The van der Waals surface area contributed by atoms with Crippen LogP contribution in [-0.2, 0) is 17.4 Å². The summed E-state index contributed by atoms with van der Waals surface area (Å²) in [7, 11) is 0. The summed E-state index contributed by atoms with van der Waals surface area (Å²) in [5, 5.41) is 22.4. The maximum Gasteiger partial charge on any atom is 0.435 e. The number of carbonyl (C=O) groups is 1. The Morgan fingerprint density at radius 2 is 1.41 bits per heavy atom. The van der Waals surface area contributed by atoms with Crippen LogP contribution in [0.1, 0.15) is 64.5 Å². The Kier molecular flexibility index (Phi) is 7.68. The minimum absolute atomic E-state index is 0.117. The van der Waals surface area contributed by atoms with Crippen LogP contribution >= 0.6 is 0 Å². The number of hydrogen-bond acceptors (Lipinski definition) is 6. The molecule has 6 rings (SSSR count). The number of aromatic nitrogens is 4. The molecule has 230 valence electrons. The number of Topliss-reactive ketones (excluding diaryl/α,β-unsaturated/α-hetero) is 1. The van der Waals surface area contributed by atoms with E-state index >= 15 is 0 Å². The van der Waals surface area contributed by atoms with Crippen molar-refractivity contribution in [1.82, 2.24) is 20.0 Å². The number of ketones is 1. The molecule has 3 heterocycles. The third-order valence-electron chi connectivity index (χ3n) is 8.35. The Morgan fingerprint density at radius 1 is 0.818 bits per heavy atom. The van der Waals surface area contributed by atoms with E-state index in [1.165, 1.54) is 10.7 Å². The lowest BCUT2D eigenvalue weighted by atomic mass is 9.78. The molecule has 1 saturated heterocycles. The van der Waals surface area contributed by atoms with Gasteiger partial charge in [0.25, 0.3) is 0 Å². The van der Waals surface area contributed by atoms with Crippen molar-refractivity contribution in [3.05, 3.63) is 107 Å². The zero-order chi connectivity index (χ0) is 31.2. The molecule has 2 aromatic carbocycles. The second kappa shape index (κ2) is 11.3. The zero-order valence-corrected chi connectivity index (χ0v) is 23.1. The van der Waals surface area contributed by atoms with Crippen molar-refractivity contribution in [2.75, 3.05) is 18.0 Å². The molecule has 44 heavy (non-hydrogen) atoms. The van der Waals surface area contributed by atoms with Gasteiger partial charge in [0, 0.05) is 24.6 Å². The summed E-state index contributed by atoms with van der Waals surface area (Å²) in [5.41, 5.74) is 0.511. The second-order valence-electron chi connectivity index (χ2n) is 11.1. The molecule has 0 saturated carbocycles. The van der Waals surface area contributed by atoms with E-state index in [-0.39, 0.29) is 35.9 Å². The fourth-order valence-electron chi connectivity index (χ4n) is 6.26. The number of carbonyl (C=O) groups excluding carboxylic acids is 1. The SMILES string of the molecule is O=C1Cc2c(c(C3CCN(c4ccc(C(F)(F)F)nn4)CC3)nn2C(c2ccccc2)c2ccccc2)[C@@H](C(F)(F)F)[C@H]1O. The molecule has 1 aliphatic heterocycles. The van der Waals surface area contributed by atoms with Crippen LogP contribution in [0.2, 0.25) is 0 Å². The molecular formula is C31H27F6N5O2. The maximum absolute atomic E-state index is 14.6. The molecule has 2 aliphatic rings. The van der Waals surface area contributed by atoms with Crippen LogP contribution < -0.4 is 4.90 Å². The number of aliphatic hydroxyl groups is 1. The molecule has 2 atom stereocenters. The minimum atomic E-state index is -4.92. The fraction of sp³-hybridized carbons (Fsp3) is 0.355. The van der Waals surface area contributed by atoms with Gasteiger partial charge in [-0.2, -0.15) is 31.4 Å². The molecule has 1 N–H and O–H groups in total. The molecule has 0 radical (unpaired) electrons. The van der Waals surface area contributed by atoms with Crippen molar-refractivity contribution < 1.29 is 36.2 Å². The van der Waals surface area contributed by atoms with Crippen LogP contribution in [-0.4, -0.2) is 56.2 Å². The van der Waals surface area contributed by atoms with Gasteiger partial charge in [0.05, 0.1) is 17.8 Å². The third-order valence-corrected chi connectivity index (χ3v) is 8.35. The summed E-state index contributed by atoms with van der Waals surface area (Å²) in [5.74, 6) is -3.61. The van der Waals surface area contributed by atoms with Crippen molar-refractivity contribution in [2.45, 2.75) is 55.6 Å². The monoisotopic (exact) mass is 615 g/mol. The van der Waals surface area contributed by atoms with E-state index in [1.54, 1.807) is 4.90 Å². The standard InChI is InChI=1S/C31H27F6N5O2/c32-30(33,34)23-11-12-24(39-38-23)41-15-13-18(14-16-41)27-25-21(17-22(43)29(44)26(25)31(35,36)37)42(40-27)28(19-7-3-1-4-8-19)20-9-5-2-6-10-20/h1-12,18,26,28-29,44H,13-17H2/t26-,29+/m1/s1. The average Bonchev–Trinajstić information content (AvgIpc) is 3.35. The largest absolute Gasteiger partial charge is 0.435 e. The van der Waals surface area contributed by atoms with Gasteiger partial charge in [-0.05, 0) is 36.1 Å². The zero-order valence-electron chi connectivity index (χ0n) is 23.1. The van der Waals surface area contributed by atoms with Gasteiger partial charge in [-0.15, -0.1) is 10.2 Å². The van der Waals surface area contributed by atoms with Crippen LogP contribution in [0.25, 0.3) is 0 Å². The number of piperidine rings is 1. The summed E-state index contributed by atoms with van der Waals surface area (Å²) in [4.78, 5) is 14.6. The number of halogens is 6. The van der Waals surface area contributed by atoms with E-state index < -0.39 is 54.2 Å². The van der Waals surface area contributed by atoms with Crippen LogP contribution in [0.3, 0.4) is 0 Å². The van der Waals surface area contributed by atoms with Gasteiger partial charge in [0.2, 0.25) is 0 Å². The molecular weight excluding hydrogens is 588 g/mol. The van der Waals surface area contributed by atoms with Crippen LogP contribution in [0.4, 0.5) is 32.2 Å². The Hall–Kier alpha value is -4.26. The normalized spacial score (nSPS) is 19.8. The Balaban J connectivity index is 1.42. The summed E-state index contributed by atoms with van der Waals surface area (Å²) >= 11 is 0. The first kappa shape index (κ1) is 29.8. The lowest BCUT2D eigenvalue weighted by Crippen LogP contribution is -2.43. The highest BCUT2D eigenvalue weighted by Gasteiger charge is 2.54. The number of nitrogens with zero attached hydrogens (tertiary/aromatic N) is 5. The van der Waals surface area contributed by atoms with Gasteiger partial charge in [0.1, 0.15) is 18.1 Å². The molecule has 1 fully saturated rings. The summed E-state index contributed by atoms with van der Waals surface area (Å²) in [6.45, 7) is 0.566. The molecule has 2 aromatic heterocycles. The van der Waals surface area contributed by atoms with Gasteiger partial charge in [-0.3, -0.25) is 9.48 Å². The predicted molar refractivity (Wildman–Crippen MR) is 147 cm³/mol. The minimum Gasteiger partial charge on any atom is -0.384 e. The first-order chi connectivity index (χ1) is 20.9. The van der Waals surface area contributed by atoms with Crippen molar-refractivity contribution in [2.24, 2.45) is 0 Å². The highest BCUT2D eigenvalue weighted by Crippen LogP contribution is 2.48. The third kappa shape index (κ3) is 5.56. The van der Waals surface area contributed by atoms with E-state index in [9.17, 15) is 36.2 Å². The Bertz CT molecular complexity index is 1580. The first-order valence-electron chi connectivity index (χ1n) is 14.1. The lowest BCUT2D eigenvalue weighted by Gasteiger charge is -2.34. The number of fused-ring (bicyclic) bond motifs is 1. The van der Waals surface area contributed by atoms with Gasteiger partial charge in [-0.25, -0.2) is 0 Å². The molecule has 1 aliphatic carbocycles. The van der Waals surface area contributed by atoms with Crippen molar-refractivity contribution in [3.63, 3.8) is 0 Å². The summed E-state index contributed by atoms with van der Waals surface area (Å²) in [6.07, 6.45) is -11.6. The van der Waals surface area contributed by atoms with E-state index in [1.807, 2.05) is 60.7 Å². The van der Waals surface area contributed by atoms with E-state index in [0.717, 1.165) is 17.2 Å². The predicted octanol–water partition coefficient (Wildman–Crippen LogP) is 5.85. The van der Waals surface area contributed by atoms with E-state index in [2.05, 4.69) is 10.2 Å². The van der Waals surface area contributed by atoms with Gasteiger partial charge >= 0.3 is 12.4 Å². The van der Waals surface area contributed by atoms with Gasteiger partial charge < -0.3 is 10.0 Å². The average molecular weight is 616 g/mol. The number of alkyl halides is 6. The quantitative estimate of drug-likeness (QED) is 0.284. The topological polar surface area (TPSA) is 84.1 Å². The van der Waals surface area contributed by atoms with E-state index in [4.69, 9.17) is 5.10 Å². The number of anilines is 1. The Labute approximate surface area is 248 Å². The molecule has 4 aromatic rings. The van der Waals surface area contributed by atoms with Crippen LogP contribution in [0.15, 0.2) is 72.8 Å². The van der Waals surface area contributed by atoms with Crippen LogP contribution in [0.5, 0.6) is 0 Å². The number of rotatable bonds is 5. The highest BCUT2D eigenvalue weighted by atomic mass is 19.4. The first-order valence-corrected chi connectivity index (χ1v) is 14.1. The molecule has 7 nitrogen and oxygen atoms in total. The van der Waals surface area contributed by atoms with Gasteiger partial charge in [-0.1, -0.05) is 60.7 Å². The second-order valence-corrected chi connectivity index (χ2v) is 11.1. The van der Waals surface area contributed by atoms with Gasteiger partial charge in [0.15, 0.2) is 17.3 Å². The summed E-state index contributed by atoms with van der Waals surface area (Å²) < 4.78 is 84.1. The molecule has 0 amide bonds. The van der Waals surface area contributed by atoms with E-state index in [0.29, 0.717) is 12.8 Å². The number of aliphatic hydroxyl groups excluding tert-OH is 1. The van der Waals surface area contributed by atoms with Crippen molar-refractivity contribution in [1.29, 1.82) is 0 Å². The van der Waals surface area contributed by atoms with Crippen molar-refractivity contribution >= 4 is 11.6 Å². The Morgan fingerprint density at radius 3 is 1.91 bits per heavy atom. The fourth-order valence-corrected chi connectivity index (χ4v) is 6.26. The number of benzene rings is 2. The lowest BCUT2D eigenvalue weighted by molar-refractivity contribution is -0.179. The van der Waals surface area contributed by atoms with Crippen LogP contribution in [0, 0.1) is 0 Å². The summed E-state index contributed by atoms with van der Waals surface area (Å²) in [6, 6.07) is 19.7. The maximum atomic E-state index is 14.6. The molecule has 0 bridgehead atoms. The van der Waals surface area contributed by atoms with Crippen molar-refractivity contribution in [3.8, 4) is 0 Å². The molecule has 0 spiro atoms. The molecule has 13 heteroatoms. The highest BCUT2D eigenvalue weighted by molar-refractivity contribution is 5.88. The molecule has 0 unspecified atom stereocenters. The smallest absolute Gasteiger partial charge is 0.384 e.